The maximum absolute atomic E-state index is 11.9. The Hall–Kier alpha value is -2.37. The summed E-state index contributed by atoms with van der Waals surface area (Å²) in [5.41, 5.74) is 1.95. The van der Waals surface area contributed by atoms with Gasteiger partial charge in [-0.2, -0.15) is 0 Å². The van der Waals surface area contributed by atoms with Crippen molar-refractivity contribution in [2.45, 2.75) is 0 Å². The van der Waals surface area contributed by atoms with E-state index in [-0.39, 0.29) is 12.5 Å². The van der Waals surface area contributed by atoms with Crippen molar-refractivity contribution >= 4 is 22.9 Å². The van der Waals surface area contributed by atoms with E-state index in [1.807, 2.05) is 0 Å². The first-order valence-corrected chi connectivity index (χ1v) is 4.98. The van der Waals surface area contributed by atoms with Crippen LogP contribution >= 0.6 is 0 Å². The molecule has 0 aliphatic heterocycles. The lowest BCUT2D eigenvalue weighted by atomic mass is 10.2. The van der Waals surface area contributed by atoms with Crippen molar-refractivity contribution in [3.8, 4) is 0 Å². The van der Waals surface area contributed by atoms with E-state index >= 15 is 0 Å². The summed E-state index contributed by atoms with van der Waals surface area (Å²) in [7, 11) is 1.45. The Morgan fingerprint density at radius 2 is 2.24 bits per heavy atom. The molecule has 6 nitrogen and oxygen atoms in total. The number of fused-ring (bicyclic) bond motifs is 1. The molecule has 0 aliphatic rings. The van der Waals surface area contributed by atoms with Crippen molar-refractivity contribution in [3.63, 3.8) is 0 Å². The Morgan fingerprint density at radius 3 is 2.94 bits per heavy atom. The molecule has 0 atom stereocenters. The number of amides is 1. The molecule has 0 aliphatic carbocycles. The number of likely N-dealkylation sites (N-methyl/N-ethyl adjacent to an activating group) is 1. The highest BCUT2D eigenvalue weighted by atomic mass is 16.4. The Kier molecular flexibility index (Phi) is 2.78. The molecule has 0 saturated carbocycles. The number of benzene rings is 1. The molecule has 0 unspecified atom stereocenters. The van der Waals surface area contributed by atoms with Crippen molar-refractivity contribution in [2.75, 3.05) is 13.6 Å². The summed E-state index contributed by atoms with van der Waals surface area (Å²) >= 11 is 0. The molecule has 2 N–H and O–H groups in total. The number of nitrogens with one attached hydrogen (secondary N) is 1. The highest BCUT2D eigenvalue weighted by molar-refractivity contribution is 5.98. The average Bonchev–Trinajstić information content (AvgIpc) is 2.73. The fourth-order valence-corrected chi connectivity index (χ4v) is 1.56. The number of carboxylic acid groups (broad SMARTS) is 1. The Balaban J connectivity index is 2.26. The van der Waals surface area contributed by atoms with Gasteiger partial charge in [0.05, 0.1) is 17.4 Å². The number of H-pyrrole nitrogens is 1. The number of carbonyl (C=O) groups is 2. The van der Waals surface area contributed by atoms with Crippen LogP contribution in [0.5, 0.6) is 0 Å². The third-order valence-electron chi connectivity index (χ3n) is 2.39. The molecule has 0 bridgehead atoms. The molecule has 0 saturated heterocycles. The average molecular weight is 233 g/mol. The maximum Gasteiger partial charge on any atom is 0.323 e. The van der Waals surface area contributed by atoms with Crippen LogP contribution in [0.3, 0.4) is 0 Å². The SMILES string of the molecule is CN(CC(=O)O)C(=O)c1ccc2nc[nH]c2c1. The van der Waals surface area contributed by atoms with Crippen LogP contribution in [0.4, 0.5) is 0 Å². The van der Waals surface area contributed by atoms with Crippen LogP contribution < -0.4 is 0 Å². The van der Waals surface area contributed by atoms with Gasteiger partial charge >= 0.3 is 5.97 Å². The van der Waals surface area contributed by atoms with Crippen molar-refractivity contribution in [1.82, 2.24) is 14.9 Å². The third-order valence-corrected chi connectivity index (χ3v) is 2.39. The normalized spacial score (nSPS) is 10.4. The lowest BCUT2D eigenvalue weighted by Gasteiger charge is -2.14. The fraction of sp³-hybridized carbons (Fsp3) is 0.182. The molecule has 1 amide bonds. The van der Waals surface area contributed by atoms with Gasteiger partial charge in [-0.25, -0.2) is 4.98 Å². The van der Waals surface area contributed by atoms with Crippen LogP contribution in [-0.2, 0) is 4.79 Å². The second-order valence-electron chi connectivity index (χ2n) is 3.69. The number of carbonyl (C=O) groups excluding carboxylic acids is 1. The summed E-state index contributed by atoms with van der Waals surface area (Å²) in [4.78, 5) is 30.5. The number of nitrogens with zero attached hydrogens (tertiary/aromatic N) is 2. The van der Waals surface area contributed by atoms with E-state index in [9.17, 15) is 9.59 Å². The van der Waals surface area contributed by atoms with Crippen molar-refractivity contribution in [3.05, 3.63) is 30.1 Å². The van der Waals surface area contributed by atoms with Crippen LogP contribution in [0, 0.1) is 0 Å². The molecule has 0 spiro atoms. The summed E-state index contributed by atoms with van der Waals surface area (Å²) in [6.45, 7) is -0.320. The number of carboxylic acids is 1. The summed E-state index contributed by atoms with van der Waals surface area (Å²) in [5, 5.41) is 8.61. The predicted molar refractivity (Wildman–Crippen MR) is 60.7 cm³/mol. The van der Waals surface area contributed by atoms with Gasteiger partial charge in [0, 0.05) is 12.6 Å². The summed E-state index contributed by atoms with van der Waals surface area (Å²) < 4.78 is 0. The van der Waals surface area contributed by atoms with Gasteiger partial charge in [0.25, 0.3) is 5.91 Å². The summed E-state index contributed by atoms with van der Waals surface area (Å²) in [6.07, 6.45) is 1.54. The van der Waals surface area contributed by atoms with E-state index in [2.05, 4.69) is 9.97 Å². The molecule has 1 aromatic heterocycles. The first-order chi connectivity index (χ1) is 8.08. The highest BCUT2D eigenvalue weighted by Gasteiger charge is 2.14. The lowest BCUT2D eigenvalue weighted by molar-refractivity contribution is -0.137. The standard InChI is InChI=1S/C11H11N3O3/c1-14(5-10(15)16)11(17)7-2-3-8-9(4-7)13-6-12-8/h2-4,6H,5H2,1H3,(H,12,13)(H,15,16). The van der Waals surface area contributed by atoms with E-state index < -0.39 is 5.97 Å². The molecule has 2 aromatic rings. The zero-order chi connectivity index (χ0) is 12.4. The molecule has 88 valence electrons. The van der Waals surface area contributed by atoms with Crippen LogP contribution in [0.15, 0.2) is 24.5 Å². The lowest BCUT2D eigenvalue weighted by Crippen LogP contribution is -2.31. The van der Waals surface area contributed by atoms with Crippen LogP contribution in [0.25, 0.3) is 11.0 Å². The minimum absolute atomic E-state index is 0.320. The van der Waals surface area contributed by atoms with Crippen LogP contribution in [-0.4, -0.2) is 45.4 Å². The molecule has 1 aromatic carbocycles. The quantitative estimate of drug-likeness (QED) is 0.817. The van der Waals surface area contributed by atoms with Gasteiger partial charge in [-0.05, 0) is 18.2 Å². The number of imidazole rings is 1. The highest BCUT2D eigenvalue weighted by Crippen LogP contribution is 2.12. The number of hydrogen-bond donors (Lipinski definition) is 2. The van der Waals surface area contributed by atoms with E-state index in [1.54, 1.807) is 24.5 Å². The van der Waals surface area contributed by atoms with Gasteiger partial charge in [-0.15, -0.1) is 0 Å². The van der Waals surface area contributed by atoms with Gasteiger partial charge in [-0.1, -0.05) is 0 Å². The zero-order valence-electron chi connectivity index (χ0n) is 9.17. The molecule has 6 heteroatoms. The first-order valence-electron chi connectivity index (χ1n) is 4.98. The van der Waals surface area contributed by atoms with Crippen molar-refractivity contribution < 1.29 is 14.7 Å². The minimum Gasteiger partial charge on any atom is -0.480 e. The largest absolute Gasteiger partial charge is 0.480 e. The number of hydrogen-bond acceptors (Lipinski definition) is 3. The Bertz CT molecular complexity index is 576. The summed E-state index contributed by atoms with van der Waals surface area (Å²) in [6, 6.07) is 5.00. The number of aromatic nitrogens is 2. The van der Waals surface area contributed by atoms with Gasteiger partial charge in [0.2, 0.25) is 0 Å². The molecule has 2 rings (SSSR count). The van der Waals surface area contributed by atoms with E-state index in [4.69, 9.17) is 5.11 Å². The van der Waals surface area contributed by atoms with Gasteiger partial charge < -0.3 is 15.0 Å². The zero-order valence-corrected chi connectivity index (χ0v) is 9.17. The molecule has 0 radical (unpaired) electrons. The third kappa shape index (κ3) is 2.25. The smallest absolute Gasteiger partial charge is 0.323 e. The molecule has 0 fully saturated rings. The number of aliphatic carboxylic acids is 1. The van der Waals surface area contributed by atoms with Crippen molar-refractivity contribution in [1.29, 1.82) is 0 Å². The van der Waals surface area contributed by atoms with Gasteiger partial charge in [0.15, 0.2) is 0 Å². The van der Waals surface area contributed by atoms with Crippen LogP contribution in [0.2, 0.25) is 0 Å². The molecular formula is C11H11N3O3. The minimum atomic E-state index is -1.04. The summed E-state index contributed by atoms with van der Waals surface area (Å²) in [5.74, 6) is -1.37. The van der Waals surface area contributed by atoms with Crippen molar-refractivity contribution in [2.24, 2.45) is 0 Å². The predicted octanol–water partition coefficient (Wildman–Crippen LogP) is 0.719. The molecular weight excluding hydrogens is 222 g/mol. The second-order valence-corrected chi connectivity index (χ2v) is 3.69. The van der Waals surface area contributed by atoms with Gasteiger partial charge in [-0.3, -0.25) is 9.59 Å². The van der Waals surface area contributed by atoms with E-state index in [0.29, 0.717) is 5.56 Å². The monoisotopic (exact) mass is 233 g/mol. The molecule has 1 heterocycles. The molecule has 17 heavy (non-hydrogen) atoms. The van der Waals surface area contributed by atoms with E-state index in [0.717, 1.165) is 15.9 Å². The van der Waals surface area contributed by atoms with E-state index in [1.165, 1.54) is 7.05 Å². The van der Waals surface area contributed by atoms with Gasteiger partial charge in [0.1, 0.15) is 6.54 Å². The second kappa shape index (κ2) is 4.25. The Labute approximate surface area is 96.9 Å². The number of aromatic amines is 1. The fourth-order valence-electron chi connectivity index (χ4n) is 1.56. The number of rotatable bonds is 3. The topological polar surface area (TPSA) is 86.3 Å². The maximum atomic E-state index is 11.9. The first kappa shape index (κ1) is 11.1. The Morgan fingerprint density at radius 1 is 1.47 bits per heavy atom. The van der Waals surface area contributed by atoms with Crippen LogP contribution in [0.1, 0.15) is 10.4 Å².